The molecule has 1 aliphatic rings. The van der Waals surface area contributed by atoms with Gasteiger partial charge in [-0.2, -0.15) is 0 Å². The molecule has 0 aromatic carbocycles. The lowest BCUT2D eigenvalue weighted by atomic mass is 10.2. The van der Waals surface area contributed by atoms with Gasteiger partial charge >= 0.3 is 11.8 Å². The number of amides is 4. The molecular weight excluding hydrogens is 178 g/mol. The zero-order chi connectivity index (χ0) is 10.2. The van der Waals surface area contributed by atoms with E-state index in [4.69, 9.17) is 0 Å². The fraction of sp³-hybridized carbons (Fsp3) is 0.500. The molecule has 0 saturated carbocycles. The van der Waals surface area contributed by atoms with E-state index in [0.29, 0.717) is 4.90 Å². The summed E-state index contributed by atoms with van der Waals surface area (Å²) in [6, 6.07) is -0.809. The largest absolute Gasteiger partial charge is 0.356 e. The summed E-state index contributed by atoms with van der Waals surface area (Å²) >= 11 is 0. The van der Waals surface area contributed by atoms with E-state index in [9.17, 15) is 19.5 Å². The normalized spacial score (nSPS) is 27.5. The number of carbonyl (C=O) groups is 3. The van der Waals surface area contributed by atoms with Crippen LogP contribution in [0.1, 0.15) is 0 Å². The first-order chi connectivity index (χ1) is 5.93. The van der Waals surface area contributed by atoms with Crippen LogP contribution in [0.25, 0.3) is 0 Å². The molecule has 1 heterocycles. The summed E-state index contributed by atoms with van der Waals surface area (Å²) in [5.41, 5.74) is -2.46. The van der Waals surface area contributed by atoms with E-state index in [1.165, 1.54) is 14.1 Å². The molecule has 0 bridgehead atoms. The fourth-order valence-corrected chi connectivity index (χ4v) is 0.962. The first-order valence-electron chi connectivity index (χ1n) is 3.48. The SMILES string of the molecule is CNC(=O)C1(O)NC(=O)N(C)C1=O. The van der Waals surface area contributed by atoms with Gasteiger partial charge in [-0.3, -0.25) is 19.8 Å². The summed E-state index contributed by atoms with van der Waals surface area (Å²) < 4.78 is 0. The monoisotopic (exact) mass is 187 g/mol. The van der Waals surface area contributed by atoms with Crippen LogP contribution >= 0.6 is 0 Å². The molecule has 1 rings (SSSR count). The predicted octanol–water partition coefficient (Wildman–Crippen LogP) is -2.40. The van der Waals surface area contributed by atoms with Crippen molar-refractivity contribution < 1.29 is 19.5 Å². The number of nitrogens with zero attached hydrogens (tertiary/aromatic N) is 1. The number of aliphatic hydroxyl groups is 1. The van der Waals surface area contributed by atoms with Gasteiger partial charge < -0.3 is 10.4 Å². The number of urea groups is 1. The lowest BCUT2D eigenvalue weighted by Crippen LogP contribution is -2.58. The second-order valence-corrected chi connectivity index (χ2v) is 2.58. The van der Waals surface area contributed by atoms with E-state index in [-0.39, 0.29) is 0 Å². The van der Waals surface area contributed by atoms with Gasteiger partial charge in [0.05, 0.1) is 0 Å². The van der Waals surface area contributed by atoms with Crippen LogP contribution in [0.5, 0.6) is 0 Å². The topological polar surface area (TPSA) is 98.7 Å². The van der Waals surface area contributed by atoms with Gasteiger partial charge in [0.15, 0.2) is 0 Å². The number of hydrogen-bond acceptors (Lipinski definition) is 4. The molecular formula is C6H9N3O4. The van der Waals surface area contributed by atoms with Crippen molar-refractivity contribution in [2.75, 3.05) is 14.1 Å². The second kappa shape index (κ2) is 2.70. The van der Waals surface area contributed by atoms with E-state index < -0.39 is 23.6 Å². The van der Waals surface area contributed by atoms with E-state index >= 15 is 0 Å². The zero-order valence-corrected chi connectivity index (χ0v) is 7.12. The minimum atomic E-state index is -2.46. The van der Waals surface area contributed by atoms with Gasteiger partial charge in [0, 0.05) is 14.1 Å². The van der Waals surface area contributed by atoms with Crippen LogP contribution in [0.15, 0.2) is 0 Å². The highest BCUT2D eigenvalue weighted by atomic mass is 16.4. The van der Waals surface area contributed by atoms with Crippen molar-refractivity contribution in [2.45, 2.75) is 5.72 Å². The average Bonchev–Trinajstić information content (AvgIpc) is 2.30. The molecule has 13 heavy (non-hydrogen) atoms. The van der Waals surface area contributed by atoms with Crippen molar-refractivity contribution in [3.63, 3.8) is 0 Å². The van der Waals surface area contributed by atoms with E-state index in [1.807, 2.05) is 5.32 Å². The number of rotatable bonds is 1. The third-order valence-corrected chi connectivity index (χ3v) is 1.76. The van der Waals surface area contributed by atoms with Crippen LogP contribution in [0.3, 0.4) is 0 Å². The van der Waals surface area contributed by atoms with Crippen molar-refractivity contribution in [1.29, 1.82) is 0 Å². The minimum Gasteiger partial charge on any atom is -0.356 e. The lowest BCUT2D eigenvalue weighted by Gasteiger charge is -2.16. The van der Waals surface area contributed by atoms with Gasteiger partial charge in [-0.15, -0.1) is 0 Å². The first-order valence-corrected chi connectivity index (χ1v) is 3.48. The van der Waals surface area contributed by atoms with Gasteiger partial charge in [-0.05, 0) is 0 Å². The van der Waals surface area contributed by atoms with Crippen molar-refractivity contribution in [3.8, 4) is 0 Å². The maximum atomic E-state index is 11.2. The highest BCUT2D eigenvalue weighted by Gasteiger charge is 2.54. The Morgan fingerprint density at radius 1 is 1.62 bits per heavy atom. The second-order valence-electron chi connectivity index (χ2n) is 2.58. The zero-order valence-electron chi connectivity index (χ0n) is 7.12. The Kier molecular flexibility index (Phi) is 1.96. The molecule has 4 amide bonds. The molecule has 1 aliphatic heterocycles. The number of hydrogen-bond donors (Lipinski definition) is 3. The molecule has 0 aromatic rings. The summed E-state index contributed by atoms with van der Waals surface area (Å²) in [5, 5.41) is 13.4. The van der Waals surface area contributed by atoms with Crippen LogP contribution in [-0.4, -0.2) is 47.7 Å². The highest BCUT2D eigenvalue weighted by Crippen LogP contribution is 2.12. The van der Waals surface area contributed by atoms with Crippen LogP contribution < -0.4 is 10.6 Å². The molecule has 3 N–H and O–H groups in total. The summed E-state index contributed by atoms with van der Waals surface area (Å²) in [5.74, 6) is -1.95. The van der Waals surface area contributed by atoms with Crippen LogP contribution in [0, 0.1) is 0 Å². The third-order valence-electron chi connectivity index (χ3n) is 1.76. The molecule has 1 saturated heterocycles. The van der Waals surface area contributed by atoms with Crippen molar-refractivity contribution >= 4 is 17.8 Å². The van der Waals surface area contributed by atoms with Crippen LogP contribution in [0.4, 0.5) is 4.79 Å². The number of nitrogens with one attached hydrogen (secondary N) is 2. The van der Waals surface area contributed by atoms with Crippen LogP contribution in [0.2, 0.25) is 0 Å². The molecule has 7 heteroatoms. The fourth-order valence-electron chi connectivity index (χ4n) is 0.962. The molecule has 72 valence electrons. The molecule has 0 radical (unpaired) electrons. The minimum absolute atomic E-state index is 0.634. The van der Waals surface area contributed by atoms with Gasteiger partial charge in [-0.1, -0.05) is 0 Å². The molecule has 1 atom stereocenters. The average molecular weight is 187 g/mol. The molecule has 0 aliphatic carbocycles. The third kappa shape index (κ3) is 1.13. The van der Waals surface area contributed by atoms with Crippen molar-refractivity contribution in [1.82, 2.24) is 15.5 Å². The molecule has 0 aromatic heterocycles. The molecule has 1 unspecified atom stereocenters. The summed E-state index contributed by atoms with van der Waals surface area (Å²) in [4.78, 5) is 33.7. The van der Waals surface area contributed by atoms with E-state index in [0.717, 1.165) is 0 Å². The number of likely N-dealkylation sites (N-methyl/N-ethyl adjacent to an activating group) is 2. The molecule has 0 spiro atoms. The summed E-state index contributed by atoms with van der Waals surface area (Å²) in [6.45, 7) is 0. The highest BCUT2D eigenvalue weighted by molar-refractivity contribution is 6.18. The lowest BCUT2D eigenvalue weighted by molar-refractivity contribution is -0.155. The number of imide groups is 1. The van der Waals surface area contributed by atoms with Crippen molar-refractivity contribution in [2.24, 2.45) is 0 Å². The molecule has 1 fully saturated rings. The maximum absolute atomic E-state index is 11.2. The Balaban J connectivity index is 3.01. The Morgan fingerprint density at radius 3 is 2.46 bits per heavy atom. The van der Waals surface area contributed by atoms with Gasteiger partial charge in [0.1, 0.15) is 0 Å². The van der Waals surface area contributed by atoms with Gasteiger partial charge in [0.25, 0.3) is 11.8 Å². The predicted molar refractivity (Wildman–Crippen MR) is 40.3 cm³/mol. The summed E-state index contributed by atoms with van der Waals surface area (Å²) in [6.07, 6.45) is 0. The quantitative estimate of drug-likeness (QED) is 0.315. The maximum Gasteiger partial charge on any atom is 0.327 e. The van der Waals surface area contributed by atoms with E-state index in [2.05, 4.69) is 5.32 Å². The Hall–Kier alpha value is -1.63. The Bertz CT molecular complexity index is 290. The van der Waals surface area contributed by atoms with E-state index in [1.54, 1.807) is 0 Å². The van der Waals surface area contributed by atoms with Gasteiger partial charge in [0.2, 0.25) is 0 Å². The first kappa shape index (κ1) is 9.46. The standard InChI is InChI=1S/C6H9N3O4/c1-7-3(10)6(13)4(11)9(2)5(12)8-6/h13H,1-2H3,(H,7,10)(H,8,12). The Labute approximate surface area is 73.7 Å². The molecule has 7 nitrogen and oxygen atoms in total. The number of carbonyl (C=O) groups excluding carboxylic acids is 3. The van der Waals surface area contributed by atoms with Crippen molar-refractivity contribution in [3.05, 3.63) is 0 Å². The van der Waals surface area contributed by atoms with Gasteiger partial charge in [-0.25, -0.2) is 4.79 Å². The Morgan fingerprint density at radius 2 is 2.15 bits per heavy atom. The summed E-state index contributed by atoms with van der Waals surface area (Å²) in [7, 11) is 2.41. The van der Waals surface area contributed by atoms with Crippen LogP contribution in [-0.2, 0) is 9.59 Å². The smallest absolute Gasteiger partial charge is 0.327 e.